The molecule has 1 heterocycles. The number of hydrogen-bond acceptors (Lipinski definition) is 4. The molecule has 1 N–H and O–H groups in total. The summed E-state index contributed by atoms with van der Waals surface area (Å²) in [4.78, 5) is 24.3. The van der Waals surface area contributed by atoms with Crippen LogP contribution in [0.5, 0.6) is 0 Å². The third kappa shape index (κ3) is 2.75. The molecule has 1 aliphatic rings. The van der Waals surface area contributed by atoms with Crippen molar-refractivity contribution in [3.63, 3.8) is 0 Å². The van der Waals surface area contributed by atoms with Gasteiger partial charge in [0.1, 0.15) is 5.92 Å². The summed E-state index contributed by atoms with van der Waals surface area (Å²) < 4.78 is 25.9. The second kappa shape index (κ2) is 6.28. The molecular formula is C18H15ClO5S. The third-order valence-electron chi connectivity index (χ3n) is 4.42. The van der Waals surface area contributed by atoms with Crippen molar-refractivity contribution in [1.29, 1.82) is 0 Å². The van der Waals surface area contributed by atoms with E-state index in [0.717, 1.165) is 0 Å². The molecule has 2 aromatic rings. The first kappa shape index (κ1) is 17.6. The summed E-state index contributed by atoms with van der Waals surface area (Å²) in [5.74, 6) is -2.97. The number of carboxylic acid groups (broad SMARTS) is 1. The van der Waals surface area contributed by atoms with Crippen LogP contribution in [0.25, 0.3) is 0 Å². The monoisotopic (exact) mass is 378 g/mol. The SMILES string of the molecule is CCC1C(C(=O)O)c2cc(Cl)cc(C(=O)c3ccccc3)c2S1(=O)=O. The van der Waals surface area contributed by atoms with E-state index in [1.807, 2.05) is 0 Å². The lowest BCUT2D eigenvalue weighted by molar-refractivity contribution is -0.138. The molecule has 130 valence electrons. The van der Waals surface area contributed by atoms with Crippen LogP contribution in [0.4, 0.5) is 0 Å². The number of halogens is 1. The fraction of sp³-hybridized carbons (Fsp3) is 0.222. The van der Waals surface area contributed by atoms with E-state index in [-0.39, 0.29) is 27.5 Å². The predicted molar refractivity (Wildman–Crippen MR) is 93.0 cm³/mol. The standard InChI is InChI=1S/C18H15ClO5S/c1-2-14-15(18(21)22)12-8-11(19)9-13(17(12)25(14,23)24)16(20)10-6-4-3-5-7-10/h3-9,14-15H,2H2,1H3,(H,21,22). The van der Waals surface area contributed by atoms with Crippen LogP contribution in [0.1, 0.15) is 40.7 Å². The van der Waals surface area contributed by atoms with Crippen LogP contribution in [-0.2, 0) is 14.6 Å². The summed E-state index contributed by atoms with van der Waals surface area (Å²) in [6, 6.07) is 10.9. The summed E-state index contributed by atoms with van der Waals surface area (Å²) in [7, 11) is -3.95. The molecule has 1 aliphatic heterocycles. The van der Waals surface area contributed by atoms with Crippen molar-refractivity contribution >= 4 is 33.2 Å². The highest BCUT2D eigenvalue weighted by Gasteiger charge is 2.49. The zero-order valence-electron chi connectivity index (χ0n) is 13.3. The van der Waals surface area contributed by atoms with E-state index in [4.69, 9.17) is 11.6 Å². The fourth-order valence-electron chi connectivity index (χ4n) is 3.35. The summed E-state index contributed by atoms with van der Waals surface area (Å²) in [5.41, 5.74) is 0.330. The number of benzene rings is 2. The fourth-order valence-corrected chi connectivity index (χ4v) is 5.92. The minimum atomic E-state index is -3.95. The molecule has 3 rings (SSSR count). The minimum Gasteiger partial charge on any atom is -0.481 e. The summed E-state index contributed by atoms with van der Waals surface area (Å²) in [6.07, 6.45) is 0.130. The lowest BCUT2D eigenvalue weighted by atomic mass is 9.91. The van der Waals surface area contributed by atoms with Crippen molar-refractivity contribution < 1.29 is 23.1 Å². The number of carboxylic acids is 1. The first-order valence-electron chi connectivity index (χ1n) is 7.69. The zero-order chi connectivity index (χ0) is 18.4. The Morgan fingerprint density at radius 3 is 2.36 bits per heavy atom. The van der Waals surface area contributed by atoms with Gasteiger partial charge in [-0.25, -0.2) is 8.42 Å². The molecule has 0 amide bonds. The summed E-state index contributed by atoms with van der Waals surface area (Å²) in [6.45, 7) is 1.62. The van der Waals surface area contributed by atoms with E-state index in [0.29, 0.717) is 5.56 Å². The van der Waals surface area contributed by atoms with Gasteiger partial charge in [-0.1, -0.05) is 48.9 Å². The van der Waals surface area contributed by atoms with Gasteiger partial charge in [0.05, 0.1) is 10.1 Å². The van der Waals surface area contributed by atoms with Gasteiger partial charge in [0.25, 0.3) is 0 Å². The maximum absolute atomic E-state index is 12.9. The van der Waals surface area contributed by atoms with Gasteiger partial charge in [-0.2, -0.15) is 0 Å². The molecule has 5 nitrogen and oxygen atoms in total. The van der Waals surface area contributed by atoms with E-state index in [2.05, 4.69) is 0 Å². The van der Waals surface area contributed by atoms with Crippen molar-refractivity contribution in [2.75, 3.05) is 0 Å². The Bertz CT molecular complexity index is 966. The van der Waals surface area contributed by atoms with Crippen LogP contribution in [-0.4, -0.2) is 30.5 Å². The number of sulfone groups is 1. The summed E-state index contributed by atoms with van der Waals surface area (Å²) >= 11 is 6.07. The van der Waals surface area contributed by atoms with Gasteiger partial charge in [-0.05, 0) is 24.1 Å². The molecular weight excluding hydrogens is 364 g/mol. The molecule has 0 saturated carbocycles. The number of carbonyl (C=O) groups excluding carboxylic acids is 1. The average Bonchev–Trinajstić information content (AvgIpc) is 2.80. The highest BCUT2D eigenvalue weighted by molar-refractivity contribution is 7.92. The number of ketones is 1. The molecule has 0 spiro atoms. The largest absolute Gasteiger partial charge is 0.481 e. The van der Waals surface area contributed by atoms with E-state index >= 15 is 0 Å². The highest BCUT2D eigenvalue weighted by Crippen LogP contribution is 2.45. The number of carbonyl (C=O) groups is 2. The Morgan fingerprint density at radius 1 is 1.16 bits per heavy atom. The first-order chi connectivity index (χ1) is 11.8. The molecule has 0 aliphatic carbocycles. The molecule has 0 fully saturated rings. The van der Waals surface area contributed by atoms with Crippen LogP contribution < -0.4 is 0 Å². The number of fused-ring (bicyclic) bond motifs is 1. The average molecular weight is 379 g/mol. The summed E-state index contributed by atoms with van der Waals surface area (Å²) in [5, 5.41) is 8.56. The predicted octanol–water partition coefficient (Wildman–Crippen LogP) is 3.31. The molecule has 25 heavy (non-hydrogen) atoms. The Morgan fingerprint density at radius 2 is 1.80 bits per heavy atom. The quantitative estimate of drug-likeness (QED) is 0.824. The molecule has 2 aromatic carbocycles. The smallest absolute Gasteiger partial charge is 0.312 e. The van der Waals surface area contributed by atoms with Gasteiger partial charge in [-0.15, -0.1) is 0 Å². The molecule has 7 heteroatoms. The van der Waals surface area contributed by atoms with Gasteiger partial charge in [0.2, 0.25) is 0 Å². The Kier molecular flexibility index (Phi) is 4.43. The van der Waals surface area contributed by atoms with Crippen molar-refractivity contribution in [1.82, 2.24) is 0 Å². The Balaban J connectivity index is 2.31. The van der Waals surface area contributed by atoms with E-state index in [1.54, 1.807) is 37.3 Å². The molecule has 2 atom stereocenters. The first-order valence-corrected chi connectivity index (χ1v) is 9.61. The van der Waals surface area contributed by atoms with Gasteiger partial charge < -0.3 is 5.11 Å². The lowest BCUT2D eigenvalue weighted by Gasteiger charge is -2.12. The molecule has 2 unspecified atom stereocenters. The van der Waals surface area contributed by atoms with Gasteiger partial charge in [0, 0.05) is 16.1 Å². The van der Waals surface area contributed by atoms with Crippen molar-refractivity contribution in [2.24, 2.45) is 0 Å². The Hall–Kier alpha value is -2.18. The van der Waals surface area contributed by atoms with Crippen LogP contribution in [0.15, 0.2) is 47.4 Å². The van der Waals surface area contributed by atoms with Crippen LogP contribution in [0.2, 0.25) is 5.02 Å². The van der Waals surface area contributed by atoms with Crippen LogP contribution in [0, 0.1) is 0 Å². The topological polar surface area (TPSA) is 88.5 Å². The molecule has 0 radical (unpaired) electrons. The second-order valence-electron chi connectivity index (χ2n) is 5.87. The van der Waals surface area contributed by atoms with Crippen molar-refractivity contribution in [2.45, 2.75) is 29.4 Å². The number of aliphatic carboxylic acids is 1. The zero-order valence-corrected chi connectivity index (χ0v) is 14.8. The van der Waals surface area contributed by atoms with Crippen molar-refractivity contribution in [3.8, 4) is 0 Å². The van der Waals surface area contributed by atoms with Gasteiger partial charge >= 0.3 is 5.97 Å². The van der Waals surface area contributed by atoms with Crippen molar-refractivity contribution in [3.05, 3.63) is 64.2 Å². The van der Waals surface area contributed by atoms with E-state index in [9.17, 15) is 23.1 Å². The van der Waals surface area contributed by atoms with Crippen LogP contribution in [0.3, 0.4) is 0 Å². The normalized spacial score (nSPS) is 20.9. The maximum Gasteiger partial charge on any atom is 0.312 e. The van der Waals surface area contributed by atoms with Crippen LogP contribution >= 0.6 is 11.6 Å². The number of hydrogen-bond donors (Lipinski definition) is 1. The molecule has 0 bridgehead atoms. The molecule has 0 saturated heterocycles. The molecule has 0 aromatic heterocycles. The number of rotatable bonds is 4. The van der Waals surface area contributed by atoms with Gasteiger partial charge in [0.15, 0.2) is 15.6 Å². The maximum atomic E-state index is 12.9. The Labute approximate surface area is 150 Å². The minimum absolute atomic E-state index is 0.0732. The second-order valence-corrected chi connectivity index (χ2v) is 8.41. The third-order valence-corrected chi connectivity index (χ3v) is 7.07. The lowest BCUT2D eigenvalue weighted by Crippen LogP contribution is -2.26. The highest BCUT2D eigenvalue weighted by atomic mass is 35.5. The van der Waals surface area contributed by atoms with E-state index < -0.39 is 32.8 Å². The van der Waals surface area contributed by atoms with E-state index in [1.165, 1.54) is 12.1 Å². The van der Waals surface area contributed by atoms with Gasteiger partial charge in [-0.3, -0.25) is 9.59 Å².